The van der Waals surface area contributed by atoms with Crippen LogP contribution in [0.4, 0.5) is 5.69 Å². The Kier molecular flexibility index (Phi) is 4.97. The normalized spacial score (nSPS) is 19.3. The molecular formula is C13H19ClN2O. The van der Waals surface area contributed by atoms with Gasteiger partial charge in [0.25, 0.3) is 0 Å². The summed E-state index contributed by atoms with van der Waals surface area (Å²) < 4.78 is 0. The van der Waals surface area contributed by atoms with Gasteiger partial charge in [0.15, 0.2) is 0 Å². The number of halogens is 1. The number of likely N-dealkylation sites (N-methyl/N-ethyl adjacent to an activating group) is 1. The van der Waals surface area contributed by atoms with E-state index in [0.29, 0.717) is 12.3 Å². The summed E-state index contributed by atoms with van der Waals surface area (Å²) in [5.74, 6) is 0.654. The first-order valence-corrected chi connectivity index (χ1v) is 5.74. The molecule has 3 nitrogen and oxygen atoms in total. The van der Waals surface area contributed by atoms with E-state index in [4.69, 9.17) is 0 Å². The van der Waals surface area contributed by atoms with Crippen LogP contribution >= 0.6 is 12.4 Å². The first-order valence-electron chi connectivity index (χ1n) is 5.74. The van der Waals surface area contributed by atoms with Crippen molar-refractivity contribution in [1.29, 1.82) is 0 Å². The molecule has 1 amide bonds. The van der Waals surface area contributed by atoms with Crippen molar-refractivity contribution in [2.24, 2.45) is 0 Å². The molecule has 1 aliphatic rings. The molecule has 1 heterocycles. The van der Waals surface area contributed by atoms with E-state index in [1.807, 2.05) is 32.3 Å². The minimum atomic E-state index is 0. The van der Waals surface area contributed by atoms with E-state index in [-0.39, 0.29) is 18.3 Å². The maximum absolute atomic E-state index is 11.8. The van der Waals surface area contributed by atoms with Crippen molar-refractivity contribution in [2.45, 2.75) is 18.8 Å². The van der Waals surface area contributed by atoms with Crippen LogP contribution in [-0.2, 0) is 4.79 Å². The Hall–Kier alpha value is -1.06. The third-order valence-corrected chi connectivity index (χ3v) is 3.27. The molecular weight excluding hydrogens is 236 g/mol. The molecule has 0 aliphatic carbocycles. The second-order valence-electron chi connectivity index (χ2n) is 4.30. The largest absolute Gasteiger partial charge is 0.319 e. The van der Waals surface area contributed by atoms with Crippen LogP contribution in [0.25, 0.3) is 0 Å². The van der Waals surface area contributed by atoms with Gasteiger partial charge in [-0.1, -0.05) is 18.2 Å². The number of amides is 1. The zero-order chi connectivity index (χ0) is 11.5. The van der Waals surface area contributed by atoms with Crippen LogP contribution in [-0.4, -0.2) is 26.5 Å². The van der Waals surface area contributed by atoms with E-state index < -0.39 is 0 Å². The summed E-state index contributed by atoms with van der Waals surface area (Å²) in [6, 6.07) is 8.20. The first-order chi connectivity index (χ1) is 7.74. The SMILES string of the molecule is CNCC1CCC(=O)N(C)c2ccccc21.Cl. The molecule has 0 bridgehead atoms. The standard InChI is InChI=1S/C13H18N2O.ClH/c1-14-9-10-7-8-13(16)15(2)12-6-4-3-5-11(10)12;/h3-6,10,14H,7-9H2,1-2H3;1H. The number of rotatable bonds is 2. The quantitative estimate of drug-likeness (QED) is 0.877. The fraction of sp³-hybridized carbons (Fsp3) is 0.462. The topological polar surface area (TPSA) is 32.3 Å². The zero-order valence-corrected chi connectivity index (χ0v) is 11.1. The van der Waals surface area contributed by atoms with Gasteiger partial charge >= 0.3 is 0 Å². The minimum Gasteiger partial charge on any atom is -0.319 e. The number of carbonyl (C=O) groups excluding carboxylic acids is 1. The Morgan fingerprint density at radius 3 is 2.82 bits per heavy atom. The van der Waals surface area contributed by atoms with E-state index >= 15 is 0 Å². The van der Waals surface area contributed by atoms with Crippen molar-refractivity contribution in [1.82, 2.24) is 5.32 Å². The summed E-state index contributed by atoms with van der Waals surface area (Å²) >= 11 is 0. The minimum absolute atomic E-state index is 0. The Balaban J connectivity index is 0.00000144. The van der Waals surface area contributed by atoms with E-state index in [0.717, 1.165) is 18.7 Å². The van der Waals surface area contributed by atoms with Crippen LogP contribution in [0.3, 0.4) is 0 Å². The van der Waals surface area contributed by atoms with Gasteiger partial charge in [0, 0.05) is 25.7 Å². The second-order valence-corrected chi connectivity index (χ2v) is 4.30. The van der Waals surface area contributed by atoms with Gasteiger partial charge < -0.3 is 10.2 Å². The van der Waals surface area contributed by atoms with Gasteiger partial charge in [-0.25, -0.2) is 0 Å². The van der Waals surface area contributed by atoms with E-state index in [2.05, 4.69) is 11.4 Å². The predicted molar refractivity (Wildman–Crippen MR) is 73.0 cm³/mol. The highest BCUT2D eigenvalue weighted by Crippen LogP contribution is 2.33. The van der Waals surface area contributed by atoms with Gasteiger partial charge in [0.2, 0.25) is 5.91 Å². The summed E-state index contributed by atoms with van der Waals surface area (Å²) in [5.41, 5.74) is 2.34. The van der Waals surface area contributed by atoms with Crippen molar-refractivity contribution in [2.75, 3.05) is 25.5 Å². The van der Waals surface area contributed by atoms with Gasteiger partial charge in [-0.15, -0.1) is 12.4 Å². The van der Waals surface area contributed by atoms with E-state index in [1.54, 1.807) is 4.90 Å². The lowest BCUT2D eigenvalue weighted by atomic mass is 9.94. The lowest BCUT2D eigenvalue weighted by molar-refractivity contribution is -0.118. The van der Waals surface area contributed by atoms with Crippen molar-refractivity contribution in [3.05, 3.63) is 29.8 Å². The average molecular weight is 255 g/mol. The van der Waals surface area contributed by atoms with Crippen LogP contribution in [0.2, 0.25) is 0 Å². The van der Waals surface area contributed by atoms with Gasteiger partial charge in [-0.2, -0.15) is 0 Å². The number of para-hydroxylation sites is 1. The Labute approximate surface area is 109 Å². The molecule has 1 aromatic rings. The van der Waals surface area contributed by atoms with Gasteiger partial charge in [-0.05, 0) is 31.0 Å². The Morgan fingerprint density at radius 2 is 2.12 bits per heavy atom. The first kappa shape index (κ1) is 14.0. The van der Waals surface area contributed by atoms with Gasteiger partial charge in [0.05, 0.1) is 0 Å². The number of carbonyl (C=O) groups is 1. The number of anilines is 1. The maximum atomic E-state index is 11.8. The van der Waals surface area contributed by atoms with E-state index in [1.165, 1.54) is 5.56 Å². The highest BCUT2D eigenvalue weighted by molar-refractivity contribution is 5.94. The summed E-state index contributed by atoms with van der Waals surface area (Å²) in [6.07, 6.45) is 1.57. The molecule has 1 atom stereocenters. The van der Waals surface area contributed by atoms with Crippen molar-refractivity contribution in [3.8, 4) is 0 Å². The van der Waals surface area contributed by atoms with Crippen molar-refractivity contribution in [3.63, 3.8) is 0 Å². The highest BCUT2D eigenvalue weighted by atomic mass is 35.5. The number of nitrogens with zero attached hydrogens (tertiary/aromatic N) is 1. The molecule has 1 unspecified atom stereocenters. The predicted octanol–water partition coefficient (Wildman–Crippen LogP) is 2.17. The average Bonchev–Trinajstić information content (AvgIpc) is 2.43. The molecule has 94 valence electrons. The smallest absolute Gasteiger partial charge is 0.226 e. The van der Waals surface area contributed by atoms with E-state index in [9.17, 15) is 4.79 Å². The molecule has 0 saturated heterocycles. The highest BCUT2D eigenvalue weighted by Gasteiger charge is 2.24. The molecule has 0 saturated carbocycles. The molecule has 2 rings (SSSR count). The molecule has 0 radical (unpaired) electrons. The number of hydrogen-bond donors (Lipinski definition) is 1. The number of hydrogen-bond acceptors (Lipinski definition) is 2. The van der Waals surface area contributed by atoms with Gasteiger partial charge in [0.1, 0.15) is 0 Å². The zero-order valence-electron chi connectivity index (χ0n) is 10.3. The number of nitrogens with one attached hydrogen (secondary N) is 1. The van der Waals surface area contributed by atoms with Crippen LogP contribution in [0.1, 0.15) is 24.3 Å². The van der Waals surface area contributed by atoms with Crippen molar-refractivity contribution < 1.29 is 4.79 Å². The fourth-order valence-electron chi connectivity index (χ4n) is 2.35. The third-order valence-electron chi connectivity index (χ3n) is 3.27. The summed E-state index contributed by atoms with van der Waals surface area (Å²) in [4.78, 5) is 13.6. The molecule has 4 heteroatoms. The monoisotopic (exact) mass is 254 g/mol. The molecule has 1 aliphatic heterocycles. The van der Waals surface area contributed by atoms with Crippen molar-refractivity contribution >= 4 is 24.0 Å². The second kappa shape index (κ2) is 6.03. The van der Waals surface area contributed by atoms with Crippen LogP contribution in [0, 0.1) is 0 Å². The summed E-state index contributed by atoms with van der Waals surface area (Å²) in [7, 11) is 3.82. The summed E-state index contributed by atoms with van der Waals surface area (Å²) in [6.45, 7) is 0.929. The molecule has 0 aromatic heterocycles. The molecule has 1 N–H and O–H groups in total. The van der Waals surface area contributed by atoms with Crippen LogP contribution in [0.15, 0.2) is 24.3 Å². The Morgan fingerprint density at radius 1 is 1.41 bits per heavy atom. The molecule has 0 spiro atoms. The number of benzene rings is 1. The third kappa shape index (κ3) is 2.79. The maximum Gasteiger partial charge on any atom is 0.226 e. The van der Waals surface area contributed by atoms with Crippen LogP contribution in [0.5, 0.6) is 0 Å². The lowest BCUT2D eigenvalue weighted by Crippen LogP contribution is -2.24. The molecule has 17 heavy (non-hydrogen) atoms. The van der Waals surface area contributed by atoms with Gasteiger partial charge in [-0.3, -0.25) is 4.79 Å². The lowest BCUT2D eigenvalue weighted by Gasteiger charge is -2.20. The summed E-state index contributed by atoms with van der Waals surface area (Å²) in [5, 5.41) is 3.21. The van der Waals surface area contributed by atoms with Crippen LogP contribution < -0.4 is 10.2 Å². The Bertz CT molecular complexity index is 395. The fourth-order valence-corrected chi connectivity index (χ4v) is 2.35. The number of fused-ring (bicyclic) bond motifs is 1. The molecule has 0 fully saturated rings. The molecule has 1 aromatic carbocycles.